The molecule has 0 aromatic carbocycles. The number of anilines is 2. The first-order chi connectivity index (χ1) is 10.3. The number of pyridine rings is 1. The molecule has 3 heterocycles. The van der Waals surface area contributed by atoms with Gasteiger partial charge in [-0.1, -0.05) is 6.07 Å². The van der Waals surface area contributed by atoms with Crippen molar-refractivity contribution in [2.75, 3.05) is 36.0 Å². The Kier molecular flexibility index (Phi) is 3.96. The molecule has 0 unspecified atom stereocenters. The first-order valence-corrected chi connectivity index (χ1v) is 7.21. The van der Waals surface area contributed by atoms with E-state index in [1.54, 1.807) is 0 Å². The standard InChI is InChI=1S/C15H20N6/c1-12-2-4-15(19-18-12)21-8-6-20(7-9-21)14-5-3-13(10-16)11-17-14/h2-5,11H,6-10,16H2,1H3. The summed E-state index contributed by atoms with van der Waals surface area (Å²) in [7, 11) is 0. The van der Waals surface area contributed by atoms with Gasteiger partial charge in [-0.15, -0.1) is 5.10 Å². The zero-order valence-corrected chi connectivity index (χ0v) is 12.2. The third kappa shape index (κ3) is 3.11. The van der Waals surface area contributed by atoms with E-state index >= 15 is 0 Å². The Morgan fingerprint density at radius 3 is 2.14 bits per heavy atom. The summed E-state index contributed by atoms with van der Waals surface area (Å²) in [4.78, 5) is 9.03. The van der Waals surface area contributed by atoms with Crippen LogP contribution in [0.2, 0.25) is 0 Å². The molecule has 1 aliphatic rings. The van der Waals surface area contributed by atoms with Crippen LogP contribution in [0.3, 0.4) is 0 Å². The fourth-order valence-corrected chi connectivity index (χ4v) is 2.45. The van der Waals surface area contributed by atoms with Crippen molar-refractivity contribution in [3.8, 4) is 0 Å². The second-order valence-corrected chi connectivity index (χ2v) is 5.24. The van der Waals surface area contributed by atoms with Crippen molar-refractivity contribution in [3.63, 3.8) is 0 Å². The minimum atomic E-state index is 0.535. The number of piperazine rings is 1. The molecule has 2 aromatic rings. The highest BCUT2D eigenvalue weighted by atomic mass is 15.3. The Labute approximate surface area is 124 Å². The molecule has 0 radical (unpaired) electrons. The number of aromatic nitrogens is 3. The third-order valence-corrected chi connectivity index (χ3v) is 3.76. The lowest BCUT2D eigenvalue weighted by molar-refractivity contribution is 0.637. The van der Waals surface area contributed by atoms with Gasteiger partial charge in [0.15, 0.2) is 5.82 Å². The normalized spacial score (nSPS) is 15.3. The first kappa shape index (κ1) is 13.8. The number of aryl methyl sites for hydroxylation is 1. The molecule has 0 atom stereocenters. The first-order valence-electron chi connectivity index (χ1n) is 7.21. The SMILES string of the molecule is Cc1ccc(N2CCN(c3ccc(CN)cn3)CC2)nn1. The molecule has 3 rings (SSSR count). The van der Waals surface area contributed by atoms with Gasteiger partial charge in [-0.2, -0.15) is 5.10 Å². The van der Waals surface area contributed by atoms with Crippen LogP contribution in [0.4, 0.5) is 11.6 Å². The molecular weight excluding hydrogens is 264 g/mol. The van der Waals surface area contributed by atoms with Gasteiger partial charge < -0.3 is 15.5 Å². The molecule has 6 nitrogen and oxygen atoms in total. The van der Waals surface area contributed by atoms with E-state index in [1.165, 1.54) is 0 Å². The minimum Gasteiger partial charge on any atom is -0.353 e. The van der Waals surface area contributed by atoms with Crippen LogP contribution in [-0.4, -0.2) is 41.4 Å². The van der Waals surface area contributed by atoms with Gasteiger partial charge in [0, 0.05) is 38.9 Å². The van der Waals surface area contributed by atoms with E-state index in [2.05, 4.69) is 25.0 Å². The number of nitrogens with zero attached hydrogens (tertiary/aromatic N) is 5. The van der Waals surface area contributed by atoms with Gasteiger partial charge in [-0.05, 0) is 30.7 Å². The molecule has 0 saturated carbocycles. The van der Waals surface area contributed by atoms with E-state index in [4.69, 9.17) is 5.73 Å². The van der Waals surface area contributed by atoms with E-state index < -0.39 is 0 Å². The number of hydrogen-bond acceptors (Lipinski definition) is 6. The third-order valence-electron chi connectivity index (χ3n) is 3.76. The van der Waals surface area contributed by atoms with Crippen molar-refractivity contribution in [1.29, 1.82) is 0 Å². The Morgan fingerprint density at radius 2 is 1.62 bits per heavy atom. The summed E-state index contributed by atoms with van der Waals surface area (Å²) in [6.45, 7) is 6.21. The number of hydrogen-bond donors (Lipinski definition) is 1. The summed E-state index contributed by atoms with van der Waals surface area (Å²) >= 11 is 0. The van der Waals surface area contributed by atoms with Crippen LogP contribution in [0, 0.1) is 6.92 Å². The number of nitrogens with two attached hydrogens (primary N) is 1. The number of rotatable bonds is 3. The van der Waals surface area contributed by atoms with Crippen molar-refractivity contribution in [2.24, 2.45) is 5.73 Å². The van der Waals surface area contributed by atoms with Crippen LogP contribution in [0.5, 0.6) is 0 Å². The zero-order chi connectivity index (χ0) is 14.7. The minimum absolute atomic E-state index is 0.535. The molecule has 0 spiro atoms. The monoisotopic (exact) mass is 284 g/mol. The van der Waals surface area contributed by atoms with E-state index in [9.17, 15) is 0 Å². The highest BCUT2D eigenvalue weighted by Crippen LogP contribution is 2.17. The zero-order valence-electron chi connectivity index (χ0n) is 12.2. The van der Waals surface area contributed by atoms with Gasteiger partial charge in [-0.25, -0.2) is 4.98 Å². The molecule has 6 heteroatoms. The summed E-state index contributed by atoms with van der Waals surface area (Å²) in [5, 5.41) is 8.37. The van der Waals surface area contributed by atoms with Crippen LogP contribution in [0.15, 0.2) is 30.5 Å². The molecule has 1 aliphatic heterocycles. The molecule has 0 amide bonds. The Bertz CT molecular complexity index is 572. The smallest absolute Gasteiger partial charge is 0.151 e. The molecular formula is C15H20N6. The fourth-order valence-electron chi connectivity index (χ4n) is 2.45. The van der Waals surface area contributed by atoms with E-state index in [1.807, 2.05) is 37.4 Å². The van der Waals surface area contributed by atoms with Crippen LogP contribution in [-0.2, 0) is 6.54 Å². The molecule has 0 aliphatic carbocycles. The quantitative estimate of drug-likeness (QED) is 0.905. The van der Waals surface area contributed by atoms with Crippen molar-refractivity contribution in [2.45, 2.75) is 13.5 Å². The topological polar surface area (TPSA) is 71.2 Å². The fraction of sp³-hybridized carbons (Fsp3) is 0.400. The average molecular weight is 284 g/mol. The molecule has 110 valence electrons. The maximum atomic E-state index is 5.60. The summed E-state index contributed by atoms with van der Waals surface area (Å²) in [5.41, 5.74) is 7.61. The summed E-state index contributed by atoms with van der Waals surface area (Å²) in [6.07, 6.45) is 1.85. The largest absolute Gasteiger partial charge is 0.353 e. The molecule has 1 fully saturated rings. The summed E-state index contributed by atoms with van der Waals surface area (Å²) < 4.78 is 0. The van der Waals surface area contributed by atoms with Crippen molar-refractivity contribution >= 4 is 11.6 Å². The van der Waals surface area contributed by atoms with Gasteiger partial charge in [0.2, 0.25) is 0 Å². The Hall–Kier alpha value is -2.21. The highest BCUT2D eigenvalue weighted by Gasteiger charge is 2.19. The van der Waals surface area contributed by atoms with Crippen LogP contribution in [0.1, 0.15) is 11.3 Å². The highest BCUT2D eigenvalue weighted by molar-refractivity contribution is 5.44. The second-order valence-electron chi connectivity index (χ2n) is 5.24. The molecule has 21 heavy (non-hydrogen) atoms. The Morgan fingerprint density at radius 1 is 0.952 bits per heavy atom. The van der Waals surface area contributed by atoms with Crippen LogP contribution >= 0.6 is 0 Å². The lowest BCUT2D eigenvalue weighted by Gasteiger charge is -2.35. The second kappa shape index (κ2) is 6.05. The van der Waals surface area contributed by atoms with Crippen molar-refractivity contribution in [3.05, 3.63) is 41.7 Å². The van der Waals surface area contributed by atoms with Crippen LogP contribution in [0.25, 0.3) is 0 Å². The Balaban J connectivity index is 1.62. The van der Waals surface area contributed by atoms with Gasteiger partial charge in [0.1, 0.15) is 5.82 Å². The lowest BCUT2D eigenvalue weighted by Crippen LogP contribution is -2.47. The van der Waals surface area contributed by atoms with Gasteiger partial charge in [0.05, 0.1) is 5.69 Å². The maximum Gasteiger partial charge on any atom is 0.151 e. The van der Waals surface area contributed by atoms with E-state index in [0.29, 0.717) is 6.54 Å². The summed E-state index contributed by atoms with van der Waals surface area (Å²) in [6, 6.07) is 8.12. The predicted molar refractivity (Wildman–Crippen MR) is 83.3 cm³/mol. The molecule has 2 N–H and O–H groups in total. The van der Waals surface area contributed by atoms with Gasteiger partial charge in [-0.3, -0.25) is 0 Å². The van der Waals surface area contributed by atoms with Gasteiger partial charge in [0.25, 0.3) is 0 Å². The lowest BCUT2D eigenvalue weighted by atomic mass is 10.2. The van der Waals surface area contributed by atoms with E-state index in [0.717, 1.165) is 49.1 Å². The van der Waals surface area contributed by atoms with Crippen molar-refractivity contribution < 1.29 is 0 Å². The molecule has 1 saturated heterocycles. The summed E-state index contributed by atoms with van der Waals surface area (Å²) in [5.74, 6) is 1.97. The molecule has 2 aromatic heterocycles. The van der Waals surface area contributed by atoms with Gasteiger partial charge >= 0.3 is 0 Å². The van der Waals surface area contributed by atoms with E-state index in [-0.39, 0.29) is 0 Å². The maximum absolute atomic E-state index is 5.60. The average Bonchev–Trinajstić information content (AvgIpc) is 2.56. The predicted octanol–water partition coefficient (Wildman–Crippen LogP) is 0.965. The van der Waals surface area contributed by atoms with Crippen molar-refractivity contribution in [1.82, 2.24) is 15.2 Å². The molecule has 0 bridgehead atoms. The van der Waals surface area contributed by atoms with Crippen LogP contribution < -0.4 is 15.5 Å².